The van der Waals surface area contributed by atoms with E-state index < -0.39 is 5.97 Å². The number of carbonyl (C=O) groups is 1. The average molecular weight is 223 g/mol. The summed E-state index contributed by atoms with van der Waals surface area (Å²) in [6.07, 6.45) is 5.08. The molecular formula is C12H17NO3. The SMILES string of the molecule is CN(Cc1ccc(C(=O)O)o1)C1CCCC1. The van der Waals surface area contributed by atoms with Gasteiger partial charge in [-0.2, -0.15) is 0 Å². The Kier molecular flexibility index (Phi) is 3.29. The van der Waals surface area contributed by atoms with Crippen LogP contribution in [0.2, 0.25) is 0 Å². The minimum Gasteiger partial charge on any atom is -0.475 e. The molecule has 0 atom stereocenters. The van der Waals surface area contributed by atoms with Gasteiger partial charge in [0.25, 0.3) is 0 Å². The van der Waals surface area contributed by atoms with Crippen molar-refractivity contribution in [2.75, 3.05) is 7.05 Å². The third-order valence-electron chi connectivity index (χ3n) is 3.23. The Hall–Kier alpha value is -1.29. The Morgan fingerprint density at radius 2 is 2.19 bits per heavy atom. The maximum absolute atomic E-state index is 10.6. The zero-order chi connectivity index (χ0) is 11.5. The number of carboxylic acid groups (broad SMARTS) is 1. The van der Waals surface area contributed by atoms with Crippen LogP contribution in [0.1, 0.15) is 42.0 Å². The van der Waals surface area contributed by atoms with Gasteiger partial charge in [-0.15, -0.1) is 0 Å². The van der Waals surface area contributed by atoms with E-state index in [-0.39, 0.29) is 5.76 Å². The molecule has 0 amide bonds. The van der Waals surface area contributed by atoms with Crippen LogP contribution in [0.4, 0.5) is 0 Å². The minimum absolute atomic E-state index is 0.0230. The zero-order valence-electron chi connectivity index (χ0n) is 9.48. The lowest BCUT2D eigenvalue weighted by Crippen LogP contribution is -2.28. The second-order valence-electron chi connectivity index (χ2n) is 4.42. The summed E-state index contributed by atoms with van der Waals surface area (Å²) in [7, 11) is 2.07. The highest BCUT2D eigenvalue weighted by Crippen LogP contribution is 2.23. The van der Waals surface area contributed by atoms with Crippen molar-refractivity contribution in [2.24, 2.45) is 0 Å². The second-order valence-corrected chi connectivity index (χ2v) is 4.42. The van der Waals surface area contributed by atoms with Gasteiger partial charge in [-0.25, -0.2) is 4.79 Å². The van der Waals surface area contributed by atoms with E-state index in [1.165, 1.54) is 31.7 Å². The fourth-order valence-electron chi connectivity index (χ4n) is 2.30. The van der Waals surface area contributed by atoms with Crippen molar-refractivity contribution in [1.29, 1.82) is 0 Å². The minimum atomic E-state index is -1.00. The van der Waals surface area contributed by atoms with Gasteiger partial charge < -0.3 is 9.52 Å². The van der Waals surface area contributed by atoms with Crippen molar-refractivity contribution >= 4 is 5.97 Å². The van der Waals surface area contributed by atoms with Crippen molar-refractivity contribution in [1.82, 2.24) is 4.90 Å². The topological polar surface area (TPSA) is 53.7 Å². The maximum atomic E-state index is 10.6. The van der Waals surface area contributed by atoms with Crippen molar-refractivity contribution < 1.29 is 14.3 Å². The van der Waals surface area contributed by atoms with E-state index >= 15 is 0 Å². The number of hydrogen-bond acceptors (Lipinski definition) is 3. The Labute approximate surface area is 94.9 Å². The smallest absolute Gasteiger partial charge is 0.371 e. The van der Waals surface area contributed by atoms with Gasteiger partial charge >= 0.3 is 5.97 Å². The first kappa shape index (κ1) is 11.2. The average Bonchev–Trinajstić information content (AvgIpc) is 2.87. The zero-order valence-corrected chi connectivity index (χ0v) is 9.48. The first-order valence-corrected chi connectivity index (χ1v) is 5.69. The lowest BCUT2D eigenvalue weighted by Gasteiger charge is -2.22. The van der Waals surface area contributed by atoms with E-state index in [9.17, 15) is 4.79 Å². The molecule has 1 aliphatic rings. The quantitative estimate of drug-likeness (QED) is 0.851. The lowest BCUT2D eigenvalue weighted by molar-refractivity contribution is 0.0658. The van der Waals surface area contributed by atoms with Crippen molar-refractivity contribution in [3.63, 3.8) is 0 Å². The Balaban J connectivity index is 1.94. The highest BCUT2D eigenvalue weighted by atomic mass is 16.4. The molecule has 0 saturated heterocycles. The second kappa shape index (κ2) is 4.70. The number of carboxylic acids is 1. The van der Waals surface area contributed by atoms with Gasteiger partial charge in [0.2, 0.25) is 5.76 Å². The summed E-state index contributed by atoms with van der Waals surface area (Å²) in [5.74, 6) is -0.253. The Morgan fingerprint density at radius 3 is 2.75 bits per heavy atom. The third-order valence-corrected chi connectivity index (χ3v) is 3.23. The standard InChI is InChI=1S/C12H17NO3/c1-13(9-4-2-3-5-9)8-10-6-7-11(16-10)12(14)15/h6-7,9H,2-5,8H2,1H3,(H,14,15). The van der Waals surface area contributed by atoms with Gasteiger partial charge in [-0.3, -0.25) is 4.90 Å². The van der Waals surface area contributed by atoms with Gasteiger partial charge in [0.05, 0.1) is 6.54 Å². The molecule has 1 aromatic heterocycles. The molecule has 1 N–H and O–H groups in total. The number of aromatic carboxylic acids is 1. The molecule has 1 aromatic rings. The molecular weight excluding hydrogens is 206 g/mol. The number of nitrogens with zero attached hydrogens (tertiary/aromatic N) is 1. The fourth-order valence-corrected chi connectivity index (χ4v) is 2.30. The van der Waals surface area contributed by atoms with Crippen LogP contribution < -0.4 is 0 Å². The largest absolute Gasteiger partial charge is 0.475 e. The molecule has 0 aromatic carbocycles. The summed E-state index contributed by atoms with van der Waals surface area (Å²) in [5, 5.41) is 8.74. The van der Waals surface area contributed by atoms with Crippen LogP contribution in [0.25, 0.3) is 0 Å². The molecule has 1 saturated carbocycles. The van der Waals surface area contributed by atoms with Gasteiger partial charge in [-0.1, -0.05) is 12.8 Å². The van der Waals surface area contributed by atoms with E-state index in [2.05, 4.69) is 11.9 Å². The molecule has 1 heterocycles. The van der Waals surface area contributed by atoms with Crippen LogP contribution in [0.15, 0.2) is 16.5 Å². The molecule has 1 aliphatic carbocycles. The van der Waals surface area contributed by atoms with E-state index in [0.29, 0.717) is 12.6 Å². The molecule has 4 nitrogen and oxygen atoms in total. The molecule has 16 heavy (non-hydrogen) atoms. The van der Waals surface area contributed by atoms with Crippen molar-refractivity contribution in [2.45, 2.75) is 38.3 Å². The molecule has 0 aliphatic heterocycles. The molecule has 0 unspecified atom stereocenters. The molecule has 88 valence electrons. The number of rotatable bonds is 4. The Bertz CT molecular complexity index is 366. The molecule has 1 fully saturated rings. The van der Waals surface area contributed by atoms with Crippen LogP contribution in [0.3, 0.4) is 0 Å². The predicted octanol–water partition coefficient (Wildman–Crippen LogP) is 2.35. The van der Waals surface area contributed by atoms with E-state index in [0.717, 1.165) is 5.76 Å². The van der Waals surface area contributed by atoms with Crippen LogP contribution >= 0.6 is 0 Å². The highest BCUT2D eigenvalue weighted by molar-refractivity contribution is 5.84. The van der Waals surface area contributed by atoms with Gasteiger partial charge in [0.1, 0.15) is 5.76 Å². The van der Waals surface area contributed by atoms with Crippen LogP contribution in [0.5, 0.6) is 0 Å². The highest BCUT2D eigenvalue weighted by Gasteiger charge is 2.20. The summed E-state index contributed by atoms with van der Waals surface area (Å²) < 4.78 is 5.23. The van der Waals surface area contributed by atoms with Crippen molar-refractivity contribution in [3.8, 4) is 0 Å². The van der Waals surface area contributed by atoms with E-state index in [1.54, 1.807) is 6.07 Å². The maximum Gasteiger partial charge on any atom is 0.371 e. The lowest BCUT2D eigenvalue weighted by atomic mass is 10.2. The van der Waals surface area contributed by atoms with Gasteiger partial charge in [0.15, 0.2) is 0 Å². The summed E-state index contributed by atoms with van der Waals surface area (Å²) >= 11 is 0. The van der Waals surface area contributed by atoms with Crippen molar-refractivity contribution in [3.05, 3.63) is 23.7 Å². The number of furan rings is 1. The normalized spacial score (nSPS) is 17.1. The first-order chi connectivity index (χ1) is 7.66. The molecule has 0 spiro atoms. The third kappa shape index (κ3) is 2.44. The fraction of sp³-hybridized carbons (Fsp3) is 0.583. The Morgan fingerprint density at radius 1 is 1.50 bits per heavy atom. The van der Waals surface area contributed by atoms with Gasteiger partial charge in [0, 0.05) is 6.04 Å². The van der Waals surface area contributed by atoms with Crippen LogP contribution in [0, 0.1) is 0 Å². The molecule has 0 bridgehead atoms. The summed E-state index contributed by atoms with van der Waals surface area (Å²) in [4.78, 5) is 12.9. The predicted molar refractivity (Wildman–Crippen MR) is 59.4 cm³/mol. The molecule has 4 heteroatoms. The van der Waals surface area contributed by atoms with E-state index in [1.807, 2.05) is 0 Å². The van der Waals surface area contributed by atoms with Crippen LogP contribution in [-0.2, 0) is 6.54 Å². The van der Waals surface area contributed by atoms with E-state index in [4.69, 9.17) is 9.52 Å². The summed E-state index contributed by atoms with van der Waals surface area (Å²) in [6, 6.07) is 3.88. The van der Waals surface area contributed by atoms with Gasteiger partial charge in [-0.05, 0) is 32.0 Å². The monoisotopic (exact) mass is 223 g/mol. The molecule has 0 radical (unpaired) electrons. The summed E-state index contributed by atoms with van der Waals surface area (Å²) in [5.41, 5.74) is 0. The summed E-state index contributed by atoms with van der Waals surface area (Å²) in [6.45, 7) is 0.692. The van der Waals surface area contributed by atoms with Crippen LogP contribution in [-0.4, -0.2) is 29.1 Å². The first-order valence-electron chi connectivity index (χ1n) is 5.69. The molecule has 2 rings (SSSR count). The number of hydrogen-bond donors (Lipinski definition) is 1.